The van der Waals surface area contributed by atoms with Crippen molar-refractivity contribution < 1.29 is 12.8 Å². The lowest BCUT2D eigenvalue weighted by Gasteiger charge is -2.07. The summed E-state index contributed by atoms with van der Waals surface area (Å²) in [6.07, 6.45) is 1.81. The van der Waals surface area contributed by atoms with Gasteiger partial charge in [0.2, 0.25) is 10.0 Å². The lowest BCUT2D eigenvalue weighted by molar-refractivity contribution is 0.578. The molecule has 1 aromatic carbocycles. The van der Waals surface area contributed by atoms with Crippen molar-refractivity contribution in [3.8, 4) is 0 Å². The molecule has 7 heteroatoms. The molecule has 1 aromatic rings. The second-order valence-electron chi connectivity index (χ2n) is 3.93. The number of hydrogen-bond donors (Lipinski definition) is 2. The number of hydrogen-bond acceptors (Lipinski definition) is 3. The molecule has 0 aliphatic heterocycles. The fourth-order valence-corrected chi connectivity index (χ4v) is 2.27. The van der Waals surface area contributed by atoms with Gasteiger partial charge in [-0.25, -0.2) is 17.5 Å². The highest BCUT2D eigenvalue weighted by molar-refractivity contribution is 9.10. The summed E-state index contributed by atoms with van der Waals surface area (Å²) >= 11 is 3.34. The van der Waals surface area contributed by atoms with E-state index in [0.717, 1.165) is 16.3 Å². The Hall–Kier alpha value is -0.500. The Kier molecular flexibility index (Phi) is 6.20. The Bertz CT molecular complexity index is 494. The van der Waals surface area contributed by atoms with Crippen LogP contribution >= 0.6 is 15.9 Å². The maximum Gasteiger partial charge on any atom is 0.208 e. The predicted molar refractivity (Wildman–Crippen MR) is 73.3 cm³/mol. The molecule has 0 unspecified atom stereocenters. The van der Waals surface area contributed by atoms with Crippen LogP contribution in [0.1, 0.15) is 12.0 Å². The van der Waals surface area contributed by atoms with Crippen LogP contribution in [0.2, 0.25) is 0 Å². The quantitative estimate of drug-likeness (QED) is 0.742. The van der Waals surface area contributed by atoms with Crippen molar-refractivity contribution in [2.75, 3.05) is 19.3 Å². The molecule has 0 spiro atoms. The lowest BCUT2D eigenvalue weighted by Crippen LogP contribution is -2.26. The zero-order valence-electron chi connectivity index (χ0n) is 10.0. The third kappa shape index (κ3) is 6.44. The van der Waals surface area contributed by atoms with Gasteiger partial charge in [-0.2, -0.15) is 0 Å². The van der Waals surface area contributed by atoms with Gasteiger partial charge < -0.3 is 5.32 Å². The van der Waals surface area contributed by atoms with Crippen LogP contribution in [0.5, 0.6) is 0 Å². The van der Waals surface area contributed by atoms with Crippen molar-refractivity contribution in [1.82, 2.24) is 10.0 Å². The summed E-state index contributed by atoms with van der Waals surface area (Å²) in [5.74, 6) is -0.270. The van der Waals surface area contributed by atoms with Crippen LogP contribution in [0.25, 0.3) is 0 Å². The first kappa shape index (κ1) is 15.6. The highest BCUT2D eigenvalue weighted by Crippen LogP contribution is 2.17. The van der Waals surface area contributed by atoms with E-state index < -0.39 is 10.0 Å². The summed E-state index contributed by atoms with van der Waals surface area (Å²) in [4.78, 5) is 0. The van der Waals surface area contributed by atoms with Gasteiger partial charge in [0.15, 0.2) is 0 Å². The molecule has 0 aliphatic rings. The fourth-order valence-electron chi connectivity index (χ4n) is 1.37. The first-order valence-electron chi connectivity index (χ1n) is 5.48. The minimum Gasteiger partial charge on any atom is -0.313 e. The highest BCUT2D eigenvalue weighted by atomic mass is 79.9. The summed E-state index contributed by atoms with van der Waals surface area (Å²) in [6.45, 7) is 1.60. The number of halogens is 2. The molecule has 0 fully saturated rings. The monoisotopic (exact) mass is 338 g/mol. The van der Waals surface area contributed by atoms with E-state index in [4.69, 9.17) is 0 Å². The topological polar surface area (TPSA) is 58.2 Å². The lowest BCUT2D eigenvalue weighted by atomic mass is 10.2. The van der Waals surface area contributed by atoms with E-state index >= 15 is 0 Å². The zero-order valence-corrected chi connectivity index (χ0v) is 12.4. The normalized spacial score (nSPS) is 11.7. The number of rotatable bonds is 7. The van der Waals surface area contributed by atoms with Gasteiger partial charge in [-0.05, 0) is 36.7 Å². The predicted octanol–water partition coefficient (Wildman–Crippen LogP) is 1.62. The van der Waals surface area contributed by atoms with Crippen LogP contribution in [0.4, 0.5) is 4.39 Å². The third-order valence-corrected chi connectivity index (χ3v) is 3.72. The van der Waals surface area contributed by atoms with Crippen molar-refractivity contribution in [2.24, 2.45) is 0 Å². The minimum absolute atomic E-state index is 0.270. The number of benzene rings is 1. The third-order valence-electron chi connectivity index (χ3n) is 2.22. The fraction of sp³-hybridized carbons (Fsp3) is 0.455. The maximum absolute atomic E-state index is 13.0. The van der Waals surface area contributed by atoms with Crippen molar-refractivity contribution in [2.45, 2.75) is 13.0 Å². The van der Waals surface area contributed by atoms with Crippen LogP contribution in [-0.2, 0) is 16.6 Å². The molecule has 2 N–H and O–H groups in total. The average Bonchev–Trinajstić information content (AvgIpc) is 2.26. The Morgan fingerprint density at radius 1 is 1.33 bits per heavy atom. The largest absolute Gasteiger partial charge is 0.313 e. The average molecular weight is 339 g/mol. The van der Waals surface area contributed by atoms with Gasteiger partial charge in [0.1, 0.15) is 5.82 Å². The standard InChI is InChI=1S/C11H16BrFN2O2S/c1-18(16,17)15-6-2-5-14-8-9-7-10(13)3-4-11(9)12/h3-4,7,14-15H,2,5-6,8H2,1H3. The minimum atomic E-state index is -3.11. The first-order chi connectivity index (χ1) is 8.38. The van der Waals surface area contributed by atoms with Crippen LogP contribution in [0, 0.1) is 5.82 Å². The van der Waals surface area contributed by atoms with E-state index in [9.17, 15) is 12.8 Å². The molecule has 0 atom stereocenters. The number of nitrogens with one attached hydrogen (secondary N) is 2. The van der Waals surface area contributed by atoms with E-state index in [1.54, 1.807) is 6.07 Å². The molecule has 0 amide bonds. The van der Waals surface area contributed by atoms with Gasteiger partial charge in [-0.1, -0.05) is 15.9 Å². The van der Waals surface area contributed by atoms with Crippen molar-refractivity contribution in [1.29, 1.82) is 0 Å². The molecule has 0 radical (unpaired) electrons. The van der Waals surface area contributed by atoms with E-state index in [2.05, 4.69) is 26.0 Å². The molecule has 102 valence electrons. The summed E-state index contributed by atoms with van der Waals surface area (Å²) in [7, 11) is -3.11. The molecule has 0 bridgehead atoms. The van der Waals surface area contributed by atoms with Crippen molar-refractivity contribution >= 4 is 26.0 Å². The van der Waals surface area contributed by atoms with Gasteiger partial charge >= 0.3 is 0 Å². The second-order valence-corrected chi connectivity index (χ2v) is 6.62. The molecule has 0 saturated carbocycles. The van der Waals surface area contributed by atoms with Crippen LogP contribution < -0.4 is 10.0 Å². The molecule has 0 saturated heterocycles. The van der Waals surface area contributed by atoms with Crippen molar-refractivity contribution in [3.05, 3.63) is 34.1 Å². The number of sulfonamides is 1. The van der Waals surface area contributed by atoms with Gasteiger partial charge in [0.25, 0.3) is 0 Å². The molecule has 1 rings (SSSR count). The van der Waals surface area contributed by atoms with Gasteiger partial charge in [-0.15, -0.1) is 0 Å². The second kappa shape index (κ2) is 7.18. The zero-order chi connectivity index (χ0) is 13.6. The molecule has 0 heterocycles. The molecule has 18 heavy (non-hydrogen) atoms. The molecule has 0 aliphatic carbocycles. The molecular weight excluding hydrogens is 323 g/mol. The first-order valence-corrected chi connectivity index (χ1v) is 8.16. The SMILES string of the molecule is CS(=O)(=O)NCCCNCc1cc(F)ccc1Br. The molecule has 0 aromatic heterocycles. The molecular formula is C11H16BrFN2O2S. The smallest absolute Gasteiger partial charge is 0.208 e. The Labute approximate surface area is 115 Å². The Balaban J connectivity index is 2.24. The molecule has 4 nitrogen and oxygen atoms in total. The van der Waals surface area contributed by atoms with Gasteiger partial charge in [0, 0.05) is 17.6 Å². The van der Waals surface area contributed by atoms with E-state index in [0.29, 0.717) is 26.1 Å². The van der Waals surface area contributed by atoms with Crippen molar-refractivity contribution in [3.63, 3.8) is 0 Å². The summed E-state index contributed by atoms with van der Waals surface area (Å²) < 4.78 is 37.8. The van der Waals surface area contributed by atoms with E-state index in [-0.39, 0.29) is 5.82 Å². The summed E-state index contributed by atoms with van der Waals surface area (Å²) in [5.41, 5.74) is 0.839. The van der Waals surface area contributed by atoms with Gasteiger partial charge in [-0.3, -0.25) is 0 Å². The Morgan fingerprint density at radius 3 is 2.72 bits per heavy atom. The van der Waals surface area contributed by atoms with E-state index in [1.807, 2.05) is 0 Å². The highest BCUT2D eigenvalue weighted by Gasteiger charge is 2.02. The maximum atomic E-state index is 13.0. The van der Waals surface area contributed by atoms with Crippen LogP contribution in [-0.4, -0.2) is 27.8 Å². The van der Waals surface area contributed by atoms with Crippen LogP contribution in [0.15, 0.2) is 22.7 Å². The Morgan fingerprint density at radius 2 is 2.06 bits per heavy atom. The van der Waals surface area contributed by atoms with E-state index in [1.165, 1.54) is 12.1 Å². The van der Waals surface area contributed by atoms with Gasteiger partial charge in [0.05, 0.1) is 6.26 Å². The summed E-state index contributed by atoms with van der Waals surface area (Å²) in [5, 5.41) is 3.12. The van der Waals surface area contributed by atoms with Crippen LogP contribution in [0.3, 0.4) is 0 Å². The summed E-state index contributed by atoms with van der Waals surface area (Å²) in [6, 6.07) is 4.52.